The summed E-state index contributed by atoms with van der Waals surface area (Å²) < 4.78 is 25.5. The minimum absolute atomic E-state index is 0.0327. The van der Waals surface area contributed by atoms with Crippen LogP contribution in [0.4, 0.5) is 0 Å². The van der Waals surface area contributed by atoms with Gasteiger partial charge in [0, 0.05) is 19.1 Å². The molecule has 2 rings (SSSR count). The molecule has 0 radical (unpaired) electrons. The van der Waals surface area contributed by atoms with E-state index in [9.17, 15) is 13.2 Å². The molecule has 2 aliphatic rings. The topological polar surface area (TPSA) is 78.5 Å². The van der Waals surface area contributed by atoms with Crippen LogP contribution in [0.2, 0.25) is 0 Å². The van der Waals surface area contributed by atoms with E-state index >= 15 is 0 Å². The Morgan fingerprint density at radius 3 is 2.76 bits per heavy atom. The van der Waals surface area contributed by atoms with E-state index in [0.29, 0.717) is 13.1 Å². The molecule has 0 saturated carbocycles. The average Bonchev–Trinajstić information content (AvgIpc) is 2.30. The Kier molecular flexibility index (Phi) is 4.01. The number of nitrogens with one attached hydrogen (secondary N) is 2. The zero-order valence-electron chi connectivity index (χ0n) is 9.81. The van der Waals surface area contributed by atoms with Crippen molar-refractivity contribution in [3.05, 3.63) is 0 Å². The molecule has 7 heteroatoms. The molecule has 0 aliphatic carbocycles. The van der Waals surface area contributed by atoms with Gasteiger partial charge in [0.05, 0.1) is 12.3 Å². The second-order valence-corrected chi connectivity index (χ2v) is 6.62. The minimum atomic E-state index is -3.31. The Balaban J connectivity index is 1.95. The molecule has 1 unspecified atom stereocenters. The maximum atomic E-state index is 12.1. The Hall–Kier alpha value is -0.660. The molecule has 0 aromatic rings. The molecule has 2 heterocycles. The van der Waals surface area contributed by atoms with Gasteiger partial charge in [-0.25, -0.2) is 8.42 Å². The SMILES string of the molecule is O=C1CN(S(=O)(=O)CC2CCCCN2)CCN1. The Morgan fingerprint density at radius 1 is 1.29 bits per heavy atom. The number of carbonyl (C=O) groups excluding carboxylic acids is 1. The van der Waals surface area contributed by atoms with Crippen molar-refractivity contribution >= 4 is 15.9 Å². The molecular weight excluding hydrogens is 242 g/mol. The summed E-state index contributed by atoms with van der Waals surface area (Å²) in [5.74, 6) is -0.100. The summed E-state index contributed by atoms with van der Waals surface area (Å²) >= 11 is 0. The second-order valence-electron chi connectivity index (χ2n) is 4.61. The van der Waals surface area contributed by atoms with Crippen molar-refractivity contribution in [1.82, 2.24) is 14.9 Å². The van der Waals surface area contributed by atoms with E-state index in [4.69, 9.17) is 0 Å². The smallest absolute Gasteiger partial charge is 0.235 e. The van der Waals surface area contributed by atoms with Crippen LogP contribution in [0.3, 0.4) is 0 Å². The van der Waals surface area contributed by atoms with Gasteiger partial charge in [-0.2, -0.15) is 4.31 Å². The van der Waals surface area contributed by atoms with E-state index in [-0.39, 0.29) is 24.2 Å². The molecule has 0 spiro atoms. The summed E-state index contributed by atoms with van der Waals surface area (Å²) in [7, 11) is -3.31. The number of carbonyl (C=O) groups is 1. The van der Waals surface area contributed by atoms with Gasteiger partial charge in [-0.15, -0.1) is 0 Å². The first-order chi connectivity index (χ1) is 8.08. The highest BCUT2D eigenvalue weighted by Gasteiger charge is 2.30. The van der Waals surface area contributed by atoms with Gasteiger partial charge in [-0.1, -0.05) is 6.42 Å². The van der Waals surface area contributed by atoms with Crippen molar-refractivity contribution < 1.29 is 13.2 Å². The number of hydrogen-bond acceptors (Lipinski definition) is 4. The zero-order chi connectivity index (χ0) is 12.3. The fourth-order valence-electron chi connectivity index (χ4n) is 2.28. The Bertz CT molecular complexity index is 376. The van der Waals surface area contributed by atoms with Gasteiger partial charge in [-0.3, -0.25) is 4.79 Å². The fraction of sp³-hybridized carbons (Fsp3) is 0.900. The molecule has 6 nitrogen and oxygen atoms in total. The minimum Gasteiger partial charge on any atom is -0.354 e. The highest BCUT2D eigenvalue weighted by molar-refractivity contribution is 7.89. The van der Waals surface area contributed by atoms with Gasteiger partial charge >= 0.3 is 0 Å². The predicted octanol–water partition coefficient (Wildman–Crippen LogP) is -1.11. The van der Waals surface area contributed by atoms with Crippen LogP contribution in [0, 0.1) is 0 Å². The Morgan fingerprint density at radius 2 is 2.12 bits per heavy atom. The van der Waals surface area contributed by atoms with Crippen LogP contribution < -0.4 is 10.6 Å². The molecule has 2 fully saturated rings. The van der Waals surface area contributed by atoms with Crippen LogP contribution in [-0.2, 0) is 14.8 Å². The van der Waals surface area contributed by atoms with Gasteiger partial charge in [0.25, 0.3) is 0 Å². The molecule has 0 bridgehead atoms. The quantitative estimate of drug-likeness (QED) is 0.675. The molecule has 17 heavy (non-hydrogen) atoms. The van der Waals surface area contributed by atoms with Crippen molar-refractivity contribution in [2.45, 2.75) is 25.3 Å². The number of hydrogen-bond donors (Lipinski definition) is 2. The number of amides is 1. The van der Waals surface area contributed by atoms with Crippen LogP contribution in [-0.4, -0.2) is 56.6 Å². The third-order valence-corrected chi connectivity index (χ3v) is 5.14. The largest absolute Gasteiger partial charge is 0.354 e. The third kappa shape index (κ3) is 3.40. The van der Waals surface area contributed by atoms with Crippen LogP contribution >= 0.6 is 0 Å². The van der Waals surface area contributed by atoms with Gasteiger partial charge in [0.15, 0.2) is 0 Å². The lowest BCUT2D eigenvalue weighted by Crippen LogP contribution is -2.52. The maximum Gasteiger partial charge on any atom is 0.235 e. The number of sulfonamides is 1. The number of nitrogens with zero attached hydrogens (tertiary/aromatic N) is 1. The lowest BCUT2D eigenvalue weighted by atomic mass is 10.1. The molecule has 1 amide bonds. The van der Waals surface area contributed by atoms with Crippen LogP contribution in [0.1, 0.15) is 19.3 Å². The second kappa shape index (κ2) is 5.32. The summed E-state index contributed by atoms with van der Waals surface area (Å²) in [6.45, 7) is 1.66. The summed E-state index contributed by atoms with van der Waals surface area (Å²) in [5.41, 5.74) is 0. The molecule has 98 valence electrons. The average molecular weight is 261 g/mol. The van der Waals surface area contributed by atoms with Crippen molar-refractivity contribution in [3.8, 4) is 0 Å². The first-order valence-corrected chi connectivity index (χ1v) is 7.67. The molecule has 0 aromatic heterocycles. The summed E-state index contributed by atoms with van der Waals surface area (Å²) in [4.78, 5) is 11.2. The fourth-order valence-corrected chi connectivity index (χ4v) is 3.97. The standard InChI is InChI=1S/C10H19N3O3S/c14-10-7-13(6-5-12-10)17(15,16)8-9-3-1-2-4-11-9/h9,11H,1-8H2,(H,12,14). The summed E-state index contributed by atoms with van der Waals surface area (Å²) in [6.07, 6.45) is 3.09. The van der Waals surface area contributed by atoms with Crippen molar-refractivity contribution in [2.24, 2.45) is 0 Å². The van der Waals surface area contributed by atoms with Gasteiger partial charge in [-0.05, 0) is 19.4 Å². The van der Waals surface area contributed by atoms with Crippen LogP contribution in [0.25, 0.3) is 0 Å². The van der Waals surface area contributed by atoms with E-state index in [1.807, 2.05) is 0 Å². The lowest BCUT2D eigenvalue weighted by molar-refractivity contribution is -0.122. The first kappa shape index (κ1) is 12.8. The molecule has 2 saturated heterocycles. The van der Waals surface area contributed by atoms with Crippen molar-refractivity contribution in [2.75, 3.05) is 31.9 Å². The normalized spacial score (nSPS) is 27.8. The van der Waals surface area contributed by atoms with Crippen LogP contribution in [0.15, 0.2) is 0 Å². The third-order valence-electron chi connectivity index (χ3n) is 3.22. The summed E-state index contributed by atoms with van der Waals surface area (Å²) in [6, 6.07) is 0.0405. The Labute approximate surface area is 102 Å². The molecule has 0 aromatic carbocycles. The van der Waals surface area contributed by atoms with Gasteiger partial charge in [0.1, 0.15) is 0 Å². The highest BCUT2D eigenvalue weighted by atomic mass is 32.2. The zero-order valence-corrected chi connectivity index (χ0v) is 10.6. The number of rotatable bonds is 3. The van der Waals surface area contributed by atoms with E-state index in [2.05, 4.69) is 10.6 Å². The predicted molar refractivity (Wildman–Crippen MR) is 64.0 cm³/mol. The number of piperazine rings is 1. The molecule has 2 N–H and O–H groups in total. The van der Waals surface area contributed by atoms with Crippen molar-refractivity contribution in [1.29, 1.82) is 0 Å². The van der Waals surface area contributed by atoms with E-state index < -0.39 is 10.0 Å². The number of piperidine rings is 1. The summed E-state index contributed by atoms with van der Waals surface area (Å²) in [5, 5.41) is 5.85. The molecular formula is C10H19N3O3S. The lowest BCUT2D eigenvalue weighted by Gasteiger charge is -2.29. The highest BCUT2D eigenvalue weighted by Crippen LogP contribution is 2.12. The van der Waals surface area contributed by atoms with E-state index in [1.165, 1.54) is 4.31 Å². The molecule has 1 atom stereocenters. The van der Waals surface area contributed by atoms with E-state index in [1.54, 1.807) is 0 Å². The van der Waals surface area contributed by atoms with Crippen molar-refractivity contribution in [3.63, 3.8) is 0 Å². The molecule has 2 aliphatic heterocycles. The first-order valence-electron chi connectivity index (χ1n) is 6.06. The maximum absolute atomic E-state index is 12.1. The van der Waals surface area contributed by atoms with E-state index in [0.717, 1.165) is 25.8 Å². The monoisotopic (exact) mass is 261 g/mol. The van der Waals surface area contributed by atoms with Gasteiger partial charge in [0.2, 0.25) is 15.9 Å². The van der Waals surface area contributed by atoms with Gasteiger partial charge < -0.3 is 10.6 Å². The van der Waals surface area contributed by atoms with Crippen LogP contribution in [0.5, 0.6) is 0 Å².